The number of benzene rings is 2. The molecule has 3 rings (SSSR count). The maximum atomic E-state index is 9.31. The van der Waals surface area contributed by atoms with Gasteiger partial charge < -0.3 is 9.84 Å². The quantitative estimate of drug-likeness (QED) is 0.822. The van der Waals surface area contributed by atoms with E-state index in [0.717, 1.165) is 24.2 Å². The van der Waals surface area contributed by atoms with Crippen LogP contribution in [-0.4, -0.2) is 5.11 Å². The molecule has 0 aliphatic carbocycles. The van der Waals surface area contributed by atoms with Crippen LogP contribution in [0, 0.1) is 6.92 Å². The van der Waals surface area contributed by atoms with E-state index in [0.29, 0.717) is 5.75 Å². The van der Waals surface area contributed by atoms with E-state index >= 15 is 0 Å². The lowest BCUT2D eigenvalue weighted by atomic mass is 9.96. The van der Waals surface area contributed by atoms with E-state index in [1.54, 1.807) is 12.1 Å². The molecule has 0 fully saturated rings. The number of hydrogen-bond acceptors (Lipinski definition) is 2. The average molecular weight is 240 g/mol. The zero-order valence-electron chi connectivity index (χ0n) is 10.4. The molecule has 18 heavy (non-hydrogen) atoms. The van der Waals surface area contributed by atoms with E-state index in [1.165, 1.54) is 11.1 Å². The first-order valence-corrected chi connectivity index (χ1v) is 6.27. The summed E-state index contributed by atoms with van der Waals surface area (Å²) < 4.78 is 6.06. The molecule has 2 aromatic rings. The first-order valence-electron chi connectivity index (χ1n) is 6.27. The normalized spacial score (nSPS) is 17.9. The molecule has 0 aromatic heterocycles. The second kappa shape index (κ2) is 4.37. The van der Waals surface area contributed by atoms with E-state index in [-0.39, 0.29) is 6.10 Å². The third-order valence-electron chi connectivity index (χ3n) is 3.43. The molecule has 1 atom stereocenters. The van der Waals surface area contributed by atoms with E-state index in [4.69, 9.17) is 4.74 Å². The maximum absolute atomic E-state index is 9.31. The predicted molar refractivity (Wildman–Crippen MR) is 71.0 cm³/mol. The smallest absolute Gasteiger partial charge is 0.124 e. The topological polar surface area (TPSA) is 29.5 Å². The van der Waals surface area contributed by atoms with E-state index in [2.05, 4.69) is 25.1 Å². The van der Waals surface area contributed by atoms with Crippen molar-refractivity contribution in [1.82, 2.24) is 0 Å². The monoisotopic (exact) mass is 240 g/mol. The standard InChI is InChI=1S/C16H16O2/c1-11-2-3-13-6-9-15(18-16(13)10-11)12-4-7-14(17)8-5-12/h2-5,7-8,10,15,17H,6,9H2,1H3. The number of aromatic hydroxyl groups is 1. The third-order valence-corrected chi connectivity index (χ3v) is 3.43. The van der Waals surface area contributed by atoms with Gasteiger partial charge in [0.2, 0.25) is 0 Å². The van der Waals surface area contributed by atoms with Crippen molar-refractivity contribution in [3.63, 3.8) is 0 Å². The minimum absolute atomic E-state index is 0.0971. The number of fused-ring (bicyclic) bond motifs is 1. The number of phenols is 1. The van der Waals surface area contributed by atoms with Gasteiger partial charge in [-0.05, 0) is 54.7 Å². The van der Waals surface area contributed by atoms with E-state index in [1.807, 2.05) is 12.1 Å². The van der Waals surface area contributed by atoms with Crippen LogP contribution in [0.1, 0.15) is 29.2 Å². The van der Waals surface area contributed by atoms with Gasteiger partial charge in [-0.1, -0.05) is 24.3 Å². The molecule has 1 heterocycles. The molecule has 0 saturated heterocycles. The molecular weight excluding hydrogens is 224 g/mol. The van der Waals surface area contributed by atoms with Crippen molar-refractivity contribution in [3.8, 4) is 11.5 Å². The molecule has 0 saturated carbocycles. The van der Waals surface area contributed by atoms with Gasteiger partial charge in [0.05, 0.1) is 0 Å². The number of phenolic OH excluding ortho intramolecular Hbond substituents is 1. The van der Waals surface area contributed by atoms with Crippen LogP contribution in [0.4, 0.5) is 0 Å². The fourth-order valence-corrected chi connectivity index (χ4v) is 2.40. The van der Waals surface area contributed by atoms with Gasteiger partial charge in [0.25, 0.3) is 0 Å². The number of rotatable bonds is 1. The SMILES string of the molecule is Cc1ccc2c(c1)OC(c1ccc(O)cc1)CC2. The van der Waals surface area contributed by atoms with Crippen LogP contribution >= 0.6 is 0 Å². The molecule has 1 aliphatic heterocycles. The van der Waals surface area contributed by atoms with Crippen LogP contribution in [0.3, 0.4) is 0 Å². The minimum Gasteiger partial charge on any atom is -0.508 e. The van der Waals surface area contributed by atoms with Crippen molar-refractivity contribution in [3.05, 3.63) is 59.2 Å². The summed E-state index contributed by atoms with van der Waals surface area (Å²) in [6.07, 6.45) is 2.13. The second-order valence-electron chi connectivity index (χ2n) is 4.85. The molecule has 0 bridgehead atoms. The summed E-state index contributed by atoms with van der Waals surface area (Å²) in [6.45, 7) is 2.08. The largest absolute Gasteiger partial charge is 0.508 e. The van der Waals surface area contributed by atoms with Gasteiger partial charge in [0.15, 0.2) is 0 Å². The Morgan fingerprint density at radius 2 is 1.89 bits per heavy atom. The Balaban J connectivity index is 1.88. The van der Waals surface area contributed by atoms with Gasteiger partial charge in [-0.2, -0.15) is 0 Å². The molecule has 0 amide bonds. The van der Waals surface area contributed by atoms with Gasteiger partial charge in [-0.15, -0.1) is 0 Å². The Morgan fingerprint density at radius 1 is 1.11 bits per heavy atom. The molecule has 0 radical (unpaired) electrons. The summed E-state index contributed by atoms with van der Waals surface area (Å²) >= 11 is 0. The third kappa shape index (κ3) is 2.06. The summed E-state index contributed by atoms with van der Waals surface area (Å²) in [4.78, 5) is 0. The van der Waals surface area contributed by atoms with Gasteiger partial charge in [-0.25, -0.2) is 0 Å². The molecule has 2 nitrogen and oxygen atoms in total. The Bertz CT molecular complexity index is 558. The van der Waals surface area contributed by atoms with Crippen LogP contribution in [-0.2, 0) is 6.42 Å². The van der Waals surface area contributed by atoms with Crippen LogP contribution in [0.5, 0.6) is 11.5 Å². The highest BCUT2D eigenvalue weighted by molar-refractivity contribution is 5.40. The zero-order valence-corrected chi connectivity index (χ0v) is 10.4. The summed E-state index contributed by atoms with van der Waals surface area (Å²) in [5.74, 6) is 1.30. The van der Waals surface area contributed by atoms with Crippen molar-refractivity contribution in [2.75, 3.05) is 0 Å². The lowest BCUT2D eigenvalue weighted by Crippen LogP contribution is -2.15. The van der Waals surface area contributed by atoms with Gasteiger partial charge in [0, 0.05) is 0 Å². The maximum Gasteiger partial charge on any atom is 0.124 e. The molecule has 0 spiro atoms. The number of ether oxygens (including phenoxy) is 1. The minimum atomic E-state index is 0.0971. The molecule has 92 valence electrons. The lowest BCUT2D eigenvalue weighted by Gasteiger charge is -2.26. The second-order valence-corrected chi connectivity index (χ2v) is 4.85. The Hall–Kier alpha value is -1.96. The molecule has 2 heteroatoms. The highest BCUT2D eigenvalue weighted by Crippen LogP contribution is 2.35. The molecular formula is C16H16O2. The zero-order chi connectivity index (χ0) is 12.5. The summed E-state index contributed by atoms with van der Waals surface area (Å²) in [6, 6.07) is 13.7. The predicted octanol–water partition coefficient (Wildman–Crippen LogP) is 3.77. The fraction of sp³-hybridized carbons (Fsp3) is 0.250. The Labute approximate surface area is 107 Å². The van der Waals surface area contributed by atoms with Crippen LogP contribution in [0.15, 0.2) is 42.5 Å². The van der Waals surface area contributed by atoms with E-state index < -0.39 is 0 Å². The fourth-order valence-electron chi connectivity index (χ4n) is 2.40. The number of hydrogen-bond donors (Lipinski definition) is 1. The van der Waals surface area contributed by atoms with Crippen molar-refractivity contribution >= 4 is 0 Å². The van der Waals surface area contributed by atoms with Gasteiger partial charge in [-0.3, -0.25) is 0 Å². The van der Waals surface area contributed by atoms with Crippen molar-refractivity contribution in [2.24, 2.45) is 0 Å². The molecule has 1 N–H and O–H groups in total. The summed E-state index contributed by atoms with van der Waals surface area (Å²) in [7, 11) is 0. The highest BCUT2D eigenvalue weighted by atomic mass is 16.5. The van der Waals surface area contributed by atoms with Crippen LogP contribution in [0.2, 0.25) is 0 Å². The van der Waals surface area contributed by atoms with Crippen LogP contribution in [0.25, 0.3) is 0 Å². The lowest BCUT2D eigenvalue weighted by molar-refractivity contribution is 0.176. The molecule has 1 aliphatic rings. The Morgan fingerprint density at radius 3 is 2.67 bits per heavy atom. The van der Waals surface area contributed by atoms with E-state index in [9.17, 15) is 5.11 Å². The highest BCUT2D eigenvalue weighted by Gasteiger charge is 2.21. The summed E-state index contributed by atoms with van der Waals surface area (Å²) in [5, 5.41) is 9.31. The first kappa shape index (κ1) is 11.1. The summed E-state index contributed by atoms with van der Waals surface area (Å²) in [5.41, 5.74) is 3.63. The van der Waals surface area contributed by atoms with Gasteiger partial charge in [0.1, 0.15) is 17.6 Å². The van der Waals surface area contributed by atoms with Crippen molar-refractivity contribution < 1.29 is 9.84 Å². The molecule has 2 aromatic carbocycles. The van der Waals surface area contributed by atoms with Crippen molar-refractivity contribution in [2.45, 2.75) is 25.9 Å². The van der Waals surface area contributed by atoms with Crippen molar-refractivity contribution in [1.29, 1.82) is 0 Å². The molecule has 1 unspecified atom stereocenters. The number of aryl methyl sites for hydroxylation is 2. The average Bonchev–Trinajstić information content (AvgIpc) is 2.38. The van der Waals surface area contributed by atoms with Gasteiger partial charge >= 0.3 is 0 Å². The first-order chi connectivity index (χ1) is 8.72. The Kier molecular flexibility index (Phi) is 2.71. The van der Waals surface area contributed by atoms with Crippen LogP contribution < -0.4 is 4.74 Å².